The lowest BCUT2D eigenvalue weighted by atomic mass is 9.81. The van der Waals surface area contributed by atoms with Gasteiger partial charge in [-0.3, -0.25) is 4.79 Å². The Morgan fingerprint density at radius 2 is 1.86 bits per heavy atom. The minimum Gasteiger partial charge on any atom is -0.507 e. The Hall–Kier alpha value is -2.16. The van der Waals surface area contributed by atoms with E-state index in [1.165, 1.54) is 6.07 Å². The van der Waals surface area contributed by atoms with E-state index in [-0.39, 0.29) is 36.5 Å². The number of carbonyl (C=O) groups is 2. The normalized spacial score (nSPS) is 33.2. The van der Waals surface area contributed by atoms with Gasteiger partial charge in [0.2, 0.25) is 5.91 Å². The van der Waals surface area contributed by atoms with Crippen molar-refractivity contribution in [2.24, 2.45) is 11.8 Å². The molecule has 1 aromatic rings. The summed E-state index contributed by atoms with van der Waals surface area (Å²) in [5.41, 5.74) is 0.249. The van der Waals surface area contributed by atoms with Crippen LogP contribution in [0.3, 0.4) is 0 Å². The van der Waals surface area contributed by atoms with E-state index in [1.807, 2.05) is 13.8 Å². The highest BCUT2D eigenvalue weighted by Crippen LogP contribution is 2.32. The largest absolute Gasteiger partial charge is 0.507 e. The van der Waals surface area contributed by atoms with Crippen molar-refractivity contribution >= 4 is 11.9 Å². The summed E-state index contributed by atoms with van der Waals surface area (Å²) < 4.78 is 5.41. The number of aliphatic hydroxyl groups is 3. The first kappa shape index (κ1) is 21.5. The lowest BCUT2D eigenvalue weighted by molar-refractivity contribution is -0.148. The molecule has 1 aliphatic carbocycles. The first-order valence-electron chi connectivity index (χ1n) is 10.1. The number of nitrogens with one attached hydrogen (secondary N) is 1. The van der Waals surface area contributed by atoms with Crippen LogP contribution >= 0.6 is 0 Å². The molecule has 0 radical (unpaired) electrons. The first-order valence-corrected chi connectivity index (χ1v) is 10.1. The lowest BCUT2D eigenvalue weighted by Crippen LogP contribution is -2.56. The highest BCUT2D eigenvalue weighted by molar-refractivity contribution is 5.93. The third kappa shape index (κ3) is 4.55. The van der Waals surface area contributed by atoms with Crippen LogP contribution in [0.4, 0.5) is 0 Å². The summed E-state index contributed by atoms with van der Waals surface area (Å²) in [5.74, 6) is -2.31. The Morgan fingerprint density at radius 3 is 2.55 bits per heavy atom. The predicted octanol–water partition coefficient (Wildman–Crippen LogP) is 0.497. The lowest BCUT2D eigenvalue weighted by Gasteiger charge is -2.38. The minimum absolute atomic E-state index is 0.0556. The van der Waals surface area contributed by atoms with Crippen molar-refractivity contribution in [1.82, 2.24) is 5.32 Å². The van der Waals surface area contributed by atoms with Crippen molar-refractivity contribution in [3.05, 3.63) is 29.3 Å². The van der Waals surface area contributed by atoms with E-state index in [9.17, 15) is 30.0 Å². The summed E-state index contributed by atoms with van der Waals surface area (Å²) in [7, 11) is 0. The molecule has 29 heavy (non-hydrogen) atoms. The molecular formula is C21H29NO7. The van der Waals surface area contributed by atoms with Crippen molar-refractivity contribution in [3.63, 3.8) is 0 Å². The van der Waals surface area contributed by atoms with Gasteiger partial charge in [0.25, 0.3) is 0 Å². The van der Waals surface area contributed by atoms with Crippen molar-refractivity contribution < 1.29 is 34.8 Å². The molecule has 8 nitrogen and oxygen atoms in total. The van der Waals surface area contributed by atoms with Crippen LogP contribution in [0.2, 0.25) is 0 Å². The van der Waals surface area contributed by atoms with Crippen molar-refractivity contribution in [1.29, 1.82) is 0 Å². The van der Waals surface area contributed by atoms with Gasteiger partial charge in [0.05, 0.1) is 24.2 Å². The van der Waals surface area contributed by atoms with Crippen LogP contribution in [-0.4, -0.2) is 62.8 Å². The van der Waals surface area contributed by atoms with Crippen LogP contribution in [0.5, 0.6) is 5.75 Å². The molecule has 1 aliphatic heterocycles. The van der Waals surface area contributed by atoms with Crippen LogP contribution < -0.4 is 5.32 Å². The number of fused-ring (bicyclic) bond motifs is 3. The Bertz CT molecular complexity index is 765. The molecule has 0 aromatic heterocycles. The molecule has 160 valence electrons. The summed E-state index contributed by atoms with van der Waals surface area (Å²) >= 11 is 0. The van der Waals surface area contributed by atoms with Gasteiger partial charge < -0.3 is 30.5 Å². The summed E-state index contributed by atoms with van der Waals surface area (Å²) in [5, 5.41) is 44.6. The highest BCUT2D eigenvalue weighted by Gasteiger charge is 2.45. The zero-order chi connectivity index (χ0) is 21.3. The Balaban J connectivity index is 2.03. The molecule has 5 N–H and O–H groups in total. The van der Waals surface area contributed by atoms with Crippen molar-refractivity contribution in [2.75, 3.05) is 0 Å². The van der Waals surface area contributed by atoms with Crippen molar-refractivity contribution in [2.45, 2.75) is 70.0 Å². The van der Waals surface area contributed by atoms with Gasteiger partial charge in [-0.1, -0.05) is 26.0 Å². The molecule has 8 heteroatoms. The molecule has 0 spiro atoms. The van der Waals surface area contributed by atoms with Crippen LogP contribution in [0.15, 0.2) is 18.2 Å². The number of rotatable bonds is 2. The Labute approximate surface area is 169 Å². The second-order valence-electron chi connectivity index (χ2n) is 8.44. The number of hydrogen-bond acceptors (Lipinski definition) is 7. The van der Waals surface area contributed by atoms with Gasteiger partial charge >= 0.3 is 5.97 Å². The number of esters is 1. The van der Waals surface area contributed by atoms with Gasteiger partial charge in [-0.05, 0) is 36.8 Å². The van der Waals surface area contributed by atoms with E-state index in [4.69, 9.17) is 4.74 Å². The molecule has 2 aliphatic rings. The third-order valence-corrected chi connectivity index (χ3v) is 5.77. The summed E-state index contributed by atoms with van der Waals surface area (Å²) in [6.07, 6.45) is -3.81. The number of aromatic hydroxyl groups is 1. The topological polar surface area (TPSA) is 136 Å². The van der Waals surface area contributed by atoms with Crippen LogP contribution in [0.1, 0.15) is 49.0 Å². The SMILES string of the molecule is CC(C)CC1NC(=O)C2CCC(O)C(O)C2OC(=O)c2cccc(c2O)CC1O. The van der Waals surface area contributed by atoms with E-state index in [1.54, 1.807) is 12.1 Å². The molecule has 6 atom stereocenters. The Morgan fingerprint density at radius 1 is 1.14 bits per heavy atom. The fourth-order valence-electron chi connectivity index (χ4n) is 4.16. The van der Waals surface area contributed by atoms with Gasteiger partial charge in [-0.2, -0.15) is 0 Å². The van der Waals surface area contributed by atoms with Gasteiger partial charge in [-0.15, -0.1) is 0 Å². The number of para-hydroxylation sites is 1. The van der Waals surface area contributed by atoms with Crippen LogP contribution in [0, 0.1) is 11.8 Å². The van der Waals surface area contributed by atoms with Gasteiger partial charge in [0.15, 0.2) is 0 Å². The van der Waals surface area contributed by atoms with Gasteiger partial charge in [-0.25, -0.2) is 4.79 Å². The molecule has 1 amide bonds. The fourth-order valence-corrected chi connectivity index (χ4v) is 4.16. The second kappa shape index (κ2) is 8.69. The first-order chi connectivity index (χ1) is 13.7. The molecule has 1 fully saturated rings. The summed E-state index contributed by atoms with van der Waals surface area (Å²) in [4.78, 5) is 25.6. The highest BCUT2D eigenvalue weighted by atomic mass is 16.6. The maximum absolute atomic E-state index is 13.0. The van der Waals surface area contributed by atoms with Crippen molar-refractivity contribution in [3.8, 4) is 5.75 Å². The number of phenolic OH excluding ortho intramolecular Hbond substituents is 1. The summed E-state index contributed by atoms with van der Waals surface area (Å²) in [6, 6.07) is 3.97. The van der Waals surface area contributed by atoms with E-state index < -0.39 is 48.3 Å². The maximum atomic E-state index is 13.0. The molecule has 0 saturated heterocycles. The molecule has 1 heterocycles. The second-order valence-corrected chi connectivity index (χ2v) is 8.44. The molecule has 6 unspecified atom stereocenters. The standard InChI is InChI=1S/C21H29NO7/c1-10(2)8-14-16(24)9-11-4-3-5-12(17(11)25)21(28)29-19-13(20(27)22-14)6-7-15(23)18(19)26/h3-5,10,13-16,18-19,23-26H,6-9H2,1-2H3,(H,22,27). The molecular weight excluding hydrogens is 378 g/mol. The number of benzene rings is 1. The third-order valence-electron chi connectivity index (χ3n) is 5.77. The average Bonchev–Trinajstić information content (AvgIpc) is 2.65. The average molecular weight is 407 g/mol. The minimum atomic E-state index is -1.43. The van der Waals surface area contributed by atoms with E-state index in [2.05, 4.69) is 5.32 Å². The van der Waals surface area contributed by atoms with E-state index in [0.29, 0.717) is 12.0 Å². The zero-order valence-corrected chi connectivity index (χ0v) is 16.6. The quantitative estimate of drug-likeness (QED) is 0.450. The van der Waals surface area contributed by atoms with Crippen LogP contribution in [-0.2, 0) is 16.0 Å². The maximum Gasteiger partial charge on any atom is 0.342 e. The number of ether oxygens (including phenoxy) is 1. The molecule has 1 aromatic carbocycles. The molecule has 3 rings (SSSR count). The number of phenols is 1. The number of aliphatic hydroxyl groups excluding tert-OH is 3. The molecule has 2 bridgehead atoms. The van der Waals surface area contributed by atoms with E-state index in [0.717, 1.165) is 0 Å². The zero-order valence-electron chi connectivity index (χ0n) is 16.6. The van der Waals surface area contributed by atoms with Gasteiger partial charge in [0.1, 0.15) is 23.5 Å². The fraction of sp³-hybridized carbons (Fsp3) is 0.619. The monoisotopic (exact) mass is 407 g/mol. The smallest absolute Gasteiger partial charge is 0.342 e. The summed E-state index contributed by atoms with van der Waals surface area (Å²) in [6.45, 7) is 3.94. The number of carbonyl (C=O) groups excluding carboxylic acids is 2. The number of hydrogen-bond donors (Lipinski definition) is 5. The van der Waals surface area contributed by atoms with E-state index >= 15 is 0 Å². The molecule has 1 saturated carbocycles. The number of amides is 1. The van der Waals surface area contributed by atoms with Gasteiger partial charge in [0, 0.05) is 6.42 Å². The predicted molar refractivity (Wildman–Crippen MR) is 103 cm³/mol. The van der Waals surface area contributed by atoms with Crippen LogP contribution in [0.25, 0.3) is 0 Å². The Kier molecular flexibility index (Phi) is 6.45.